The van der Waals surface area contributed by atoms with Gasteiger partial charge in [-0.05, 0) is 30.9 Å². The highest BCUT2D eigenvalue weighted by Gasteiger charge is 2.24. The van der Waals surface area contributed by atoms with Gasteiger partial charge in [0.25, 0.3) is 5.76 Å². The maximum absolute atomic E-state index is 12.1. The average Bonchev–Trinajstić information content (AvgIpc) is 3.09. The minimum atomic E-state index is -2.34. The van der Waals surface area contributed by atoms with Crippen LogP contribution in [-0.4, -0.2) is 11.8 Å². The summed E-state index contributed by atoms with van der Waals surface area (Å²) < 4.78 is 29.7. The lowest BCUT2D eigenvalue weighted by atomic mass is 10.1. The van der Waals surface area contributed by atoms with Crippen LogP contribution >= 0.6 is 11.8 Å². The first-order valence-electron chi connectivity index (χ1n) is 6.88. The van der Waals surface area contributed by atoms with Crippen molar-refractivity contribution in [1.29, 1.82) is 0 Å². The van der Waals surface area contributed by atoms with E-state index in [9.17, 15) is 8.78 Å². The van der Waals surface area contributed by atoms with Crippen molar-refractivity contribution in [3.05, 3.63) is 23.7 Å². The normalized spacial score (nSPS) is 17.1. The molecule has 2 rings (SSSR count). The zero-order valence-corrected chi connectivity index (χ0v) is 12.0. The fraction of sp³-hybridized carbons (Fsp3) is 0.714. The molecular formula is C14H21F2NOS. The third kappa shape index (κ3) is 5.53. The number of hydrogen-bond donors (Lipinski definition) is 1. The molecule has 0 saturated heterocycles. The Balaban J connectivity index is 1.72. The lowest BCUT2D eigenvalue weighted by Crippen LogP contribution is -2.28. The zero-order chi connectivity index (χ0) is 13.7. The van der Waals surface area contributed by atoms with E-state index in [0.717, 1.165) is 18.1 Å². The predicted octanol–water partition coefficient (Wildman–Crippen LogP) is 4.40. The summed E-state index contributed by atoms with van der Waals surface area (Å²) >= 11 is 0.596. The molecule has 0 aliphatic heterocycles. The lowest BCUT2D eigenvalue weighted by Gasteiger charge is -2.15. The summed E-state index contributed by atoms with van der Waals surface area (Å²) in [6, 6.07) is 4.20. The molecule has 0 spiro atoms. The standard InChI is InChI=1S/C14H21F2NOS/c1-2-11(7-10-3-4-10)17-8-12-5-6-13(18-12)9-19-14(15)16/h5-6,10-11,14,17H,2-4,7-9H2,1H3. The molecule has 1 N–H and O–H groups in total. The highest BCUT2D eigenvalue weighted by molar-refractivity contribution is 7.98. The van der Waals surface area contributed by atoms with Crippen molar-refractivity contribution in [2.24, 2.45) is 5.92 Å². The first kappa shape index (κ1) is 14.9. The largest absolute Gasteiger partial charge is 0.464 e. The first-order valence-corrected chi connectivity index (χ1v) is 7.93. The van der Waals surface area contributed by atoms with Gasteiger partial charge < -0.3 is 9.73 Å². The molecule has 2 nitrogen and oxygen atoms in total. The van der Waals surface area contributed by atoms with E-state index in [1.165, 1.54) is 19.3 Å². The Morgan fingerprint density at radius 1 is 1.37 bits per heavy atom. The molecule has 0 radical (unpaired) electrons. The molecule has 19 heavy (non-hydrogen) atoms. The number of halogens is 2. The smallest absolute Gasteiger partial charge is 0.284 e. The Morgan fingerprint density at radius 2 is 2.11 bits per heavy atom. The molecule has 108 valence electrons. The molecule has 1 aliphatic carbocycles. The summed E-state index contributed by atoms with van der Waals surface area (Å²) in [7, 11) is 0. The van der Waals surface area contributed by atoms with E-state index >= 15 is 0 Å². The van der Waals surface area contributed by atoms with Crippen LogP contribution in [0.25, 0.3) is 0 Å². The van der Waals surface area contributed by atoms with Crippen LogP contribution in [0.15, 0.2) is 16.5 Å². The molecule has 0 amide bonds. The molecule has 5 heteroatoms. The summed E-state index contributed by atoms with van der Waals surface area (Å²) in [6.07, 6.45) is 5.10. The Morgan fingerprint density at radius 3 is 2.74 bits per heavy atom. The highest BCUT2D eigenvalue weighted by atomic mass is 32.2. The Bertz CT molecular complexity index is 379. The SMILES string of the molecule is CCC(CC1CC1)NCc1ccc(CSC(F)F)o1. The Kier molecular flexibility index (Phi) is 5.70. The van der Waals surface area contributed by atoms with Gasteiger partial charge in [0, 0.05) is 6.04 Å². The van der Waals surface area contributed by atoms with Gasteiger partial charge in [-0.25, -0.2) is 0 Å². The van der Waals surface area contributed by atoms with Crippen LogP contribution in [0, 0.1) is 5.92 Å². The quantitative estimate of drug-likeness (QED) is 0.729. The first-order chi connectivity index (χ1) is 9.17. The van der Waals surface area contributed by atoms with E-state index in [0.29, 0.717) is 30.1 Å². The van der Waals surface area contributed by atoms with Gasteiger partial charge in [0.15, 0.2) is 0 Å². The molecule has 0 bridgehead atoms. The summed E-state index contributed by atoms with van der Waals surface area (Å²) in [4.78, 5) is 0. The summed E-state index contributed by atoms with van der Waals surface area (Å²) in [5, 5.41) is 3.49. The lowest BCUT2D eigenvalue weighted by molar-refractivity contribution is 0.251. The second-order valence-corrected chi connectivity index (χ2v) is 6.08. The van der Waals surface area contributed by atoms with Crippen molar-refractivity contribution in [2.45, 2.75) is 56.7 Å². The van der Waals surface area contributed by atoms with Crippen molar-refractivity contribution in [1.82, 2.24) is 5.32 Å². The van der Waals surface area contributed by atoms with Gasteiger partial charge in [0.1, 0.15) is 11.5 Å². The minimum absolute atomic E-state index is 0.233. The van der Waals surface area contributed by atoms with Gasteiger partial charge in [-0.1, -0.05) is 31.5 Å². The Hall–Kier alpha value is -0.550. The minimum Gasteiger partial charge on any atom is -0.464 e. The maximum atomic E-state index is 12.1. The van der Waals surface area contributed by atoms with E-state index in [1.807, 2.05) is 6.07 Å². The maximum Gasteiger partial charge on any atom is 0.284 e. The van der Waals surface area contributed by atoms with Crippen molar-refractivity contribution in [3.8, 4) is 0 Å². The molecular weight excluding hydrogens is 268 g/mol. The number of alkyl halides is 2. The fourth-order valence-corrected chi connectivity index (χ4v) is 2.58. The fourth-order valence-electron chi connectivity index (χ4n) is 2.14. The molecule has 1 atom stereocenters. The van der Waals surface area contributed by atoms with Gasteiger partial charge >= 0.3 is 0 Å². The topological polar surface area (TPSA) is 25.2 Å². The third-order valence-electron chi connectivity index (χ3n) is 3.44. The number of rotatable bonds is 9. The molecule has 1 fully saturated rings. The van der Waals surface area contributed by atoms with Crippen molar-refractivity contribution in [2.75, 3.05) is 0 Å². The van der Waals surface area contributed by atoms with Gasteiger partial charge in [0.05, 0.1) is 12.3 Å². The highest BCUT2D eigenvalue weighted by Crippen LogP contribution is 2.34. The second kappa shape index (κ2) is 7.29. The van der Waals surface area contributed by atoms with Crippen LogP contribution in [-0.2, 0) is 12.3 Å². The summed E-state index contributed by atoms with van der Waals surface area (Å²) in [5.74, 6) is 0.259. The molecule has 1 aromatic heterocycles. The van der Waals surface area contributed by atoms with E-state index in [-0.39, 0.29) is 5.75 Å². The molecule has 1 aromatic rings. The molecule has 1 heterocycles. The number of thioether (sulfide) groups is 1. The van der Waals surface area contributed by atoms with Gasteiger partial charge in [-0.15, -0.1) is 0 Å². The van der Waals surface area contributed by atoms with E-state index in [1.54, 1.807) is 6.07 Å². The van der Waals surface area contributed by atoms with E-state index in [2.05, 4.69) is 12.2 Å². The van der Waals surface area contributed by atoms with Crippen LogP contribution in [0.5, 0.6) is 0 Å². The van der Waals surface area contributed by atoms with Gasteiger partial charge in [-0.3, -0.25) is 0 Å². The van der Waals surface area contributed by atoms with Crippen LogP contribution in [0.3, 0.4) is 0 Å². The number of hydrogen-bond acceptors (Lipinski definition) is 3. The van der Waals surface area contributed by atoms with E-state index < -0.39 is 5.76 Å². The number of nitrogens with one attached hydrogen (secondary N) is 1. The summed E-state index contributed by atoms with van der Waals surface area (Å²) in [6.45, 7) is 2.87. The zero-order valence-electron chi connectivity index (χ0n) is 11.2. The molecule has 1 saturated carbocycles. The molecule has 1 aliphatic rings. The summed E-state index contributed by atoms with van der Waals surface area (Å²) in [5.41, 5.74) is 0. The van der Waals surface area contributed by atoms with Crippen LogP contribution in [0.4, 0.5) is 8.78 Å². The van der Waals surface area contributed by atoms with Crippen LogP contribution < -0.4 is 5.32 Å². The number of furan rings is 1. The van der Waals surface area contributed by atoms with Gasteiger partial charge in [-0.2, -0.15) is 8.78 Å². The van der Waals surface area contributed by atoms with E-state index in [4.69, 9.17) is 4.42 Å². The third-order valence-corrected chi connectivity index (χ3v) is 4.14. The van der Waals surface area contributed by atoms with Crippen LogP contribution in [0.2, 0.25) is 0 Å². The Labute approximate surface area is 117 Å². The van der Waals surface area contributed by atoms with Crippen LogP contribution in [0.1, 0.15) is 44.1 Å². The van der Waals surface area contributed by atoms with Crippen molar-refractivity contribution in [3.63, 3.8) is 0 Å². The average molecular weight is 289 g/mol. The monoisotopic (exact) mass is 289 g/mol. The second-order valence-electron chi connectivity index (χ2n) is 5.10. The van der Waals surface area contributed by atoms with Crippen molar-refractivity contribution < 1.29 is 13.2 Å². The molecule has 0 aromatic carbocycles. The van der Waals surface area contributed by atoms with Gasteiger partial charge in [0.2, 0.25) is 0 Å². The molecule has 1 unspecified atom stereocenters. The predicted molar refractivity (Wildman–Crippen MR) is 74.3 cm³/mol. The van der Waals surface area contributed by atoms with Crippen molar-refractivity contribution >= 4 is 11.8 Å².